The predicted octanol–water partition coefficient (Wildman–Crippen LogP) is 2.58. The third kappa shape index (κ3) is 2.89. The van der Waals surface area contributed by atoms with Crippen LogP contribution < -0.4 is 9.47 Å². The Kier molecular flexibility index (Phi) is 5.12. The van der Waals surface area contributed by atoms with Gasteiger partial charge in [0.2, 0.25) is 0 Å². The van der Waals surface area contributed by atoms with Gasteiger partial charge in [-0.15, -0.1) is 0 Å². The maximum absolute atomic E-state index is 9.03. The van der Waals surface area contributed by atoms with Crippen LogP contribution in [-0.2, 0) is 0 Å². The summed E-state index contributed by atoms with van der Waals surface area (Å²) in [4.78, 5) is 0. The van der Waals surface area contributed by atoms with Crippen molar-refractivity contribution < 1.29 is 14.6 Å². The van der Waals surface area contributed by atoms with Gasteiger partial charge in [0.1, 0.15) is 11.5 Å². The largest absolute Gasteiger partial charge is 0.497 e. The average molecular weight is 224 g/mol. The van der Waals surface area contributed by atoms with Crippen molar-refractivity contribution in [3.63, 3.8) is 0 Å². The Morgan fingerprint density at radius 2 is 2.00 bits per heavy atom. The molecule has 0 aliphatic heterocycles. The molecule has 1 unspecified atom stereocenters. The maximum atomic E-state index is 9.03. The molecule has 0 saturated carbocycles. The molecule has 0 aromatic heterocycles. The summed E-state index contributed by atoms with van der Waals surface area (Å²) in [5.41, 5.74) is 1.14. The third-order valence-corrected chi connectivity index (χ3v) is 2.85. The molecule has 0 heterocycles. The lowest BCUT2D eigenvalue weighted by atomic mass is 9.92. The minimum absolute atomic E-state index is 0.202. The number of methoxy groups -OCH3 is 2. The van der Waals surface area contributed by atoms with Crippen LogP contribution in [0.4, 0.5) is 0 Å². The molecule has 3 heteroatoms. The van der Waals surface area contributed by atoms with Crippen molar-refractivity contribution in [1.29, 1.82) is 0 Å². The Balaban J connectivity index is 3.01. The summed E-state index contributed by atoms with van der Waals surface area (Å²) in [6.07, 6.45) is 1.75. The summed E-state index contributed by atoms with van der Waals surface area (Å²) >= 11 is 0. The maximum Gasteiger partial charge on any atom is 0.126 e. The monoisotopic (exact) mass is 224 g/mol. The molecule has 1 N–H and O–H groups in total. The second kappa shape index (κ2) is 6.38. The van der Waals surface area contributed by atoms with Crippen LogP contribution in [0.1, 0.15) is 31.2 Å². The van der Waals surface area contributed by atoms with E-state index in [1.807, 2.05) is 18.2 Å². The van der Waals surface area contributed by atoms with E-state index < -0.39 is 0 Å². The lowest BCUT2D eigenvalue weighted by Gasteiger charge is -2.18. The Morgan fingerprint density at radius 3 is 2.50 bits per heavy atom. The van der Waals surface area contributed by atoms with Gasteiger partial charge in [-0.3, -0.25) is 0 Å². The zero-order chi connectivity index (χ0) is 12.0. The van der Waals surface area contributed by atoms with Crippen molar-refractivity contribution in [3.05, 3.63) is 23.8 Å². The van der Waals surface area contributed by atoms with E-state index in [4.69, 9.17) is 14.6 Å². The molecular formula is C13H20O3. The van der Waals surface area contributed by atoms with E-state index in [2.05, 4.69) is 6.92 Å². The molecule has 1 aromatic rings. The molecule has 3 nitrogen and oxygen atoms in total. The highest BCUT2D eigenvalue weighted by molar-refractivity contribution is 5.42. The quantitative estimate of drug-likeness (QED) is 0.807. The fraction of sp³-hybridized carbons (Fsp3) is 0.538. The number of hydrogen-bond donors (Lipinski definition) is 1. The van der Waals surface area contributed by atoms with E-state index in [-0.39, 0.29) is 6.61 Å². The van der Waals surface area contributed by atoms with Crippen LogP contribution >= 0.6 is 0 Å². The van der Waals surface area contributed by atoms with E-state index in [0.717, 1.165) is 29.9 Å². The van der Waals surface area contributed by atoms with Crippen molar-refractivity contribution in [2.75, 3.05) is 20.8 Å². The first kappa shape index (κ1) is 12.8. The zero-order valence-electron chi connectivity index (χ0n) is 10.2. The summed E-state index contributed by atoms with van der Waals surface area (Å²) < 4.78 is 10.5. The lowest BCUT2D eigenvalue weighted by molar-refractivity contribution is 0.272. The van der Waals surface area contributed by atoms with Crippen LogP contribution in [0.25, 0.3) is 0 Å². The molecule has 0 spiro atoms. The third-order valence-electron chi connectivity index (χ3n) is 2.85. The molecular weight excluding hydrogens is 204 g/mol. The first-order valence-electron chi connectivity index (χ1n) is 5.59. The zero-order valence-corrected chi connectivity index (χ0v) is 10.2. The number of rotatable bonds is 6. The number of aliphatic hydroxyl groups excluding tert-OH is 1. The number of aliphatic hydroxyl groups is 1. The van der Waals surface area contributed by atoms with Gasteiger partial charge in [-0.25, -0.2) is 0 Å². The van der Waals surface area contributed by atoms with E-state index in [9.17, 15) is 0 Å². The minimum atomic E-state index is 0.202. The Morgan fingerprint density at radius 1 is 1.25 bits per heavy atom. The SMILES string of the molecule is CCC(CCO)c1ccc(OC)cc1OC. The van der Waals surface area contributed by atoms with Gasteiger partial charge in [0.25, 0.3) is 0 Å². The summed E-state index contributed by atoms with van der Waals surface area (Å²) in [5.74, 6) is 1.96. The molecule has 90 valence electrons. The lowest BCUT2D eigenvalue weighted by Crippen LogP contribution is -2.03. The topological polar surface area (TPSA) is 38.7 Å². The molecule has 0 aliphatic carbocycles. The Bertz CT molecular complexity index is 323. The van der Waals surface area contributed by atoms with Gasteiger partial charge < -0.3 is 14.6 Å². The van der Waals surface area contributed by atoms with Crippen LogP contribution in [-0.4, -0.2) is 25.9 Å². The molecule has 0 bridgehead atoms. The fourth-order valence-electron chi connectivity index (χ4n) is 1.89. The van der Waals surface area contributed by atoms with Gasteiger partial charge in [-0.2, -0.15) is 0 Å². The summed E-state index contributed by atoms with van der Waals surface area (Å²) in [7, 11) is 3.30. The molecule has 0 aliphatic rings. The molecule has 0 amide bonds. The summed E-state index contributed by atoms with van der Waals surface area (Å²) in [6, 6.07) is 5.83. The second-order valence-corrected chi connectivity index (χ2v) is 3.73. The van der Waals surface area contributed by atoms with Gasteiger partial charge >= 0.3 is 0 Å². The first-order chi connectivity index (χ1) is 7.76. The van der Waals surface area contributed by atoms with Crippen LogP contribution in [0.15, 0.2) is 18.2 Å². The van der Waals surface area contributed by atoms with Crippen LogP contribution in [0, 0.1) is 0 Å². The highest BCUT2D eigenvalue weighted by atomic mass is 16.5. The highest BCUT2D eigenvalue weighted by Crippen LogP contribution is 2.33. The van der Waals surface area contributed by atoms with Crippen LogP contribution in [0.3, 0.4) is 0 Å². The molecule has 1 atom stereocenters. The molecule has 0 fully saturated rings. The number of ether oxygens (including phenoxy) is 2. The molecule has 0 radical (unpaired) electrons. The molecule has 1 aromatic carbocycles. The van der Waals surface area contributed by atoms with Crippen molar-refractivity contribution >= 4 is 0 Å². The van der Waals surface area contributed by atoms with Gasteiger partial charge in [0, 0.05) is 12.7 Å². The van der Waals surface area contributed by atoms with Gasteiger partial charge in [0.15, 0.2) is 0 Å². The van der Waals surface area contributed by atoms with Crippen molar-refractivity contribution in [2.24, 2.45) is 0 Å². The molecule has 0 saturated heterocycles. The minimum Gasteiger partial charge on any atom is -0.497 e. The fourth-order valence-corrected chi connectivity index (χ4v) is 1.89. The average Bonchev–Trinajstić information content (AvgIpc) is 2.35. The molecule has 1 rings (SSSR count). The van der Waals surface area contributed by atoms with E-state index >= 15 is 0 Å². The summed E-state index contributed by atoms with van der Waals surface area (Å²) in [5, 5.41) is 9.03. The van der Waals surface area contributed by atoms with Gasteiger partial charge in [-0.05, 0) is 30.4 Å². The Hall–Kier alpha value is -1.22. The highest BCUT2D eigenvalue weighted by Gasteiger charge is 2.14. The van der Waals surface area contributed by atoms with Gasteiger partial charge in [-0.1, -0.05) is 13.0 Å². The molecule has 16 heavy (non-hydrogen) atoms. The Labute approximate surface area is 97.0 Å². The van der Waals surface area contributed by atoms with Crippen molar-refractivity contribution in [2.45, 2.75) is 25.7 Å². The number of hydrogen-bond acceptors (Lipinski definition) is 3. The smallest absolute Gasteiger partial charge is 0.126 e. The van der Waals surface area contributed by atoms with Crippen LogP contribution in [0.5, 0.6) is 11.5 Å². The predicted molar refractivity (Wildman–Crippen MR) is 64.3 cm³/mol. The van der Waals surface area contributed by atoms with Crippen molar-refractivity contribution in [3.8, 4) is 11.5 Å². The van der Waals surface area contributed by atoms with E-state index in [1.165, 1.54) is 0 Å². The number of benzene rings is 1. The first-order valence-corrected chi connectivity index (χ1v) is 5.59. The summed E-state index contributed by atoms with van der Waals surface area (Å²) in [6.45, 7) is 2.32. The van der Waals surface area contributed by atoms with E-state index in [0.29, 0.717) is 5.92 Å². The normalized spacial score (nSPS) is 12.2. The second-order valence-electron chi connectivity index (χ2n) is 3.73. The van der Waals surface area contributed by atoms with Gasteiger partial charge in [0.05, 0.1) is 14.2 Å². The van der Waals surface area contributed by atoms with Crippen LogP contribution in [0.2, 0.25) is 0 Å². The van der Waals surface area contributed by atoms with E-state index in [1.54, 1.807) is 14.2 Å². The standard InChI is InChI=1S/C13H20O3/c1-4-10(7-8-14)12-6-5-11(15-2)9-13(12)16-3/h5-6,9-10,14H,4,7-8H2,1-3H3. The van der Waals surface area contributed by atoms with Crippen molar-refractivity contribution in [1.82, 2.24) is 0 Å².